The van der Waals surface area contributed by atoms with Crippen LogP contribution in [0, 0.1) is 0 Å². The monoisotopic (exact) mass is 268 g/mol. The van der Waals surface area contributed by atoms with Crippen LogP contribution in [-0.4, -0.2) is 18.0 Å². The number of aromatic nitrogens is 1. The van der Waals surface area contributed by atoms with Crippen LogP contribution in [0.1, 0.15) is 10.5 Å². The van der Waals surface area contributed by atoms with Crippen LogP contribution < -0.4 is 10.1 Å². The number of carbonyl (C=O) groups excluding carboxylic acids is 1. The number of hydrogen-bond acceptors (Lipinski definition) is 4. The lowest BCUT2D eigenvalue weighted by Crippen LogP contribution is -2.12. The highest BCUT2D eigenvalue weighted by Crippen LogP contribution is 2.27. The summed E-state index contributed by atoms with van der Waals surface area (Å²) in [6.07, 6.45) is 0. The normalized spacial score (nSPS) is 10.0. The maximum absolute atomic E-state index is 11.8. The van der Waals surface area contributed by atoms with E-state index in [1.54, 1.807) is 29.1 Å². The molecule has 0 saturated heterocycles. The third-order valence-corrected chi connectivity index (χ3v) is 2.90. The fraction of sp³-hybridized carbons (Fsp3) is 0.0909. The van der Waals surface area contributed by atoms with Crippen LogP contribution in [-0.2, 0) is 0 Å². The number of halogens is 1. The number of amides is 1. The van der Waals surface area contributed by atoms with E-state index >= 15 is 0 Å². The molecule has 1 N–H and O–H groups in total. The van der Waals surface area contributed by atoms with Gasteiger partial charge in [0, 0.05) is 10.4 Å². The Kier molecular flexibility index (Phi) is 3.61. The smallest absolute Gasteiger partial charge is 0.275 e. The van der Waals surface area contributed by atoms with Gasteiger partial charge in [-0.1, -0.05) is 11.6 Å². The minimum atomic E-state index is -0.285. The van der Waals surface area contributed by atoms with Gasteiger partial charge in [0.05, 0.1) is 18.3 Å². The Morgan fingerprint density at radius 1 is 1.53 bits per heavy atom. The van der Waals surface area contributed by atoms with Crippen LogP contribution in [0.5, 0.6) is 5.75 Å². The zero-order chi connectivity index (χ0) is 12.3. The molecule has 0 spiro atoms. The fourth-order valence-corrected chi connectivity index (χ4v) is 1.99. The predicted molar refractivity (Wildman–Crippen MR) is 68.1 cm³/mol. The first-order valence-corrected chi connectivity index (χ1v) is 6.06. The molecule has 1 amide bonds. The third-order valence-electron chi connectivity index (χ3n) is 2.07. The number of nitrogens with one attached hydrogen (secondary N) is 1. The number of benzene rings is 1. The van der Waals surface area contributed by atoms with Crippen molar-refractivity contribution in [2.24, 2.45) is 0 Å². The molecule has 0 radical (unpaired) electrons. The number of anilines is 1. The summed E-state index contributed by atoms with van der Waals surface area (Å²) in [4.78, 5) is 15.7. The van der Waals surface area contributed by atoms with Gasteiger partial charge in [-0.05, 0) is 18.2 Å². The molecule has 0 atom stereocenters. The van der Waals surface area contributed by atoms with Crippen molar-refractivity contribution in [1.29, 1.82) is 0 Å². The summed E-state index contributed by atoms with van der Waals surface area (Å²) in [5.74, 6) is 0.268. The van der Waals surface area contributed by atoms with E-state index in [0.29, 0.717) is 22.2 Å². The minimum Gasteiger partial charge on any atom is -0.495 e. The highest BCUT2D eigenvalue weighted by Gasteiger charge is 2.11. The Morgan fingerprint density at radius 3 is 3.00 bits per heavy atom. The van der Waals surface area contributed by atoms with E-state index in [0.717, 1.165) is 0 Å². The molecule has 2 rings (SSSR count). The maximum Gasteiger partial charge on any atom is 0.275 e. The molecule has 0 aliphatic carbocycles. The van der Waals surface area contributed by atoms with Crippen molar-refractivity contribution in [3.8, 4) is 5.75 Å². The van der Waals surface area contributed by atoms with Crippen molar-refractivity contribution >= 4 is 34.5 Å². The molecule has 0 fully saturated rings. The minimum absolute atomic E-state index is 0.285. The van der Waals surface area contributed by atoms with Gasteiger partial charge in [-0.15, -0.1) is 11.3 Å². The molecular formula is C11H9ClN2O2S. The highest BCUT2D eigenvalue weighted by molar-refractivity contribution is 7.07. The van der Waals surface area contributed by atoms with Crippen LogP contribution in [0.25, 0.3) is 0 Å². The third kappa shape index (κ3) is 2.75. The van der Waals surface area contributed by atoms with E-state index in [1.165, 1.54) is 18.4 Å². The molecule has 1 aromatic heterocycles. The predicted octanol–water partition coefficient (Wildman–Crippen LogP) is 3.06. The largest absolute Gasteiger partial charge is 0.495 e. The SMILES string of the molecule is COc1ccc(Cl)cc1NC(=O)c1cscn1. The quantitative estimate of drug-likeness (QED) is 0.931. The fourth-order valence-electron chi connectivity index (χ4n) is 1.29. The molecule has 1 heterocycles. The molecule has 0 aliphatic heterocycles. The second-order valence-corrected chi connectivity index (χ2v) is 4.33. The Labute approximate surface area is 107 Å². The van der Waals surface area contributed by atoms with Crippen molar-refractivity contribution in [3.05, 3.63) is 39.8 Å². The summed E-state index contributed by atoms with van der Waals surface area (Å²) in [6, 6.07) is 5.02. The van der Waals surface area contributed by atoms with Gasteiger partial charge in [0.1, 0.15) is 11.4 Å². The van der Waals surface area contributed by atoms with Gasteiger partial charge in [-0.25, -0.2) is 4.98 Å². The van der Waals surface area contributed by atoms with E-state index in [4.69, 9.17) is 16.3 Å². The summed E-state index contributed by atoms with van der Waals surface area (Å²) in [6.45, 7) is 0. The van der Waals surface area contributed by atoms with Crippen LogP contribution in [0.4, 0.5) is 5.69 Å². The number of thiazole rings is 1. The van der Waals surface area contributed by atoms with Gasteiger partial charge in [0.2, 0.25) is 0 Å². The lowest BCUT2D eigenvalue weighted by Gasteiger charge is -2.09. The molecular weight excluding hydrogens is 260 g/mol. The first kappa shape index (κ1) is 11.9. The molecule has 4 nitrogen and oxygen atoms in total. The molecule has 1 aromatic carbocycles. The summed E-state index contributed by atoms with van der Waals surface area (Å²) in [5.41, 5.74) is 2.50. The first-order valence-electron chi connectivity index (χ1n) is 4.74. The molecule has 6 heteroatoms. The van der Waals surface area contributed by atoms with Crippen molar-refractivity contribution in [2.75, 3.05) is 12.4 Å². The van der Waals surface area contributed by atoms with Crippen LogP contribution in [0.2, 0.25) is 5.02 Å². The van der Waals surface area contributed by atoms with Gasteiger partial charge >= 0.3 is 0 Å². The average molecular weight is 269 g/mol. The second-order valence-electron chi connectivity index (χ2n) is 3.17. The van der Waals surface area contributed by atoms with Gasteiger partial charge in [-0.2, -0.15) is 0 Å². The van der Waals surface area contributed by atoms with Gasteiger partial charge in [-0.3, -0.25) is 4.79 Å². The molecule has 0 aliphatic rings. The molecule has 0 saturated carbocycles. The number of ether oxygens (including phenoxy) is 1. The Balaban J connectivity index is 2.23. The van der Waals surface area contributed by atoms with Crippen molar-refractivity contribution < 1.29 is 9.53 Å². The summed E-state index contributed by atoms with van der Waals surface area (Å²) < 4.78 is 5.13. The summed E-state index contributed by atoms with van der Waals surface area (Å²) in [7, 11) is 1.53. The molecule has 0 unspecified atom stereocenters. The van der Waals surface area contributed by atoms with Gasteiger partial charge in [0.15, 0.2) is 0 Å². The average Bonchev–Trinajstić information content (AvgIpc) is 2.83. The van der Waals surface area contributed by atoms with E-state index in [2.05, 4.69) is 10.3 Å². The Morgan fingerprint density at radius 2 is 2.35 bits per heavy atom. The second kappa shape index (κ2) is 5.16. The van der Waals surface area contributed by atoms with Gasteiger partial charge < -0.3 is 10.1 Å². The first-order chi connectivity index (χ1) is 8.20. The molecule has 88 valence electrons. The standard InChI is InChI=1S/C11H9ClN2O2S/c1-16-10-3-2-7(12)4-8(10)14-11(15)9-5-17-6-13-9/h2-6H,1H3,(H,14,15). The Hall–Kier alpha value is -1.59. The zero-order valence-electron chi connectivity index (χ0n) is 8.94. The number of rotatable bonds is 3. The number of nitrogens with zero attached hydrogens (tertiary/aromatic N) is 1. The topological polar surface area (TPSA) is 51.2 Å². The number of hydrogen-bond donors (Lipinski definition) is 1. The van der Waals surface area contributed by atoms with Gasteiger partial charge in [0.25, 0.3) is 5.91 Å². The lowest BCUT2D eigenvalue weighted by atomic mass is 10.3. The zero-order valence-corrected chi connectivity index (χ0v) is 10.5. The van der Waals surface area contributed by atoms with Crippen molar-refractivity contribution in [3.63, 3.8) is 0 Å². The summed E-state index contributed by atoms with van der Waals surface area (Å²) in [5, 5.41) is 4.90. The molecule has 17 heavy (non-hydrogen) atoms. The van der Waals surface area contributed by atoms with Crippen LogP contribution in [0.15, 0.2) is 29.1 Å². The van der Waals surface area contributed by atoms with E-state index in [-0.39, 0.29) is 5.91 Å². The molecule has 2 aromatic rings. The van der Waals surface area contributed by atoms with Crippen LogP contribution >= 0.6 is 22.9 Å². The lowest BCUT2D eigenvalue weighted by molar-refractivity contribution is 0.102. The van der Waals surface area contributed by atoms with Crippen molar-refractivity contribution in [1.82, 2.24) is 4.98 Å². The number of methoxy groups -OCH3 is 1. The Bertz CT molecular complexity index is 528. The van der Waals surface area contributed by atoms with Crippen molar-refractivity contribution in [2.45, 2.75) is 0 Å². The maximum atomic E-state index is 11.8. The van der Waals surface area contributed by atoms with E-state index < -0.39 is 0 Å². The van der Waals surface area contributed by atoms with E-state index in [9.17, 15) is 4.79 Å². The van der Waals surface area contributed by atoms with E-state index in [1.807, 2.05) is 0 Å². The number of carbonyl (C=O) groups is 1. The molecule has 0 bridgehead atoms. The van der Waals surface area contributed by atoms with Crippen LogP contribution in [0.3, 0.4) is 0 Å². The summed E-state index contributed by atoms with van der Waals surface area (Å²) >= 11 is 7.22. The highest BCUT2D eigenvalue weighted by atomic mass is 35.5.